The van der Waals surface area contributed by atoms with Crippen LogP contribution in [0.5, 0.6) is 5.75 Å². The third-order valence-electron chi connectivity index (χ3n) is 3.38. The standard InChI is InChI=1S/C17H14N4O3/c1-24-16-8-3-2-7-14(16)15-10-17(19-11-18-15)20-12-5-4-6-13(9-12)21(22)23/h2-11H,1H3,(H,18,19,20). The zero-order valence-electron chi connectivity index (χ0n) is 12.8. The number of nitro groups is 1. The van der Waals surface area contributed by atoms with E-state index in [1.54, 1.807) is 25.3 Å². The summed E-state index contributed by atoms with van der Waals surface area (Å²) in [5.41, 5.74) is 2.12. The lowest BCUT2D eigenvalue weighted by Crippen LogP contribution is -1.97. The zero-order chi connectivity index (χ0) is 16.9. The van der Waals surface area contributed by atoms with Crippen LogP contribution in [0.15, 0.2) is 60.9 Å². The number of nitrogens with zero attached hydrogens (tertiary/aromatic N) is 3. The summed E-state index contributed by atoms with van der Waals surface area (Å²) >= 11 is 0. The van der Waals surface area contributed by atoms with Gasteiger partial charge in [-0.3, -0.25) is 10.1 Å². The minimum Gasteiger partial charge on any atom is -0.496 e. The van der Waals surface area contributed by atoms with Gasteiger partial charge >= 0.3 is 0 Å². The summed E-state index contributed by atoms with van der Waals surface area (Å²) in [5, 5.41) is 13.9. The first-order valence-corrected chi connectivity index (χ1v) is 7.14. The molecule has 0 radical (unpaired) electrons. The molecule has 3 rings (SSSR count). The minimum atomic E-state index is -0.439. The SMILES string of the molecule is COc1ccccc1-c1cc(Nc2cccc([N+](=O)[O-])c2)ncn1. The van der Waals surface area contributed by atoms with Crippen molar-refractivity contribution in [1.82, 2.24) is 9.97 Å². The molecule has 24 heavy (non-hydrogen) atoms. The number of nitro benzene ring substituents is 1. The summed E-state index contributed by atoms with van der Waals surface area (Å²) in [6.07, 6.45) is 1.43. The van der Waals surface area contributed by atoms with Gasteiger partial charge in [-0.25, -0.2) is 9.97 Å². The number of rotatable bonds is 5. The van der Waals surface area contributed by atoms with Crippen LogP contribution in [0.1, 0.15) is 0 Å². The van der Waals surface area contributed by atoms with Crippen LogP contribution in [0.25, 0.3) is 11.3 Å². The van der Waals surface area contributed by atoms with Gasteiger partial charge in [0.2, 0.25) is 0 Å². The number of non-ortho nitro benzene ring substituents is 1. The predicted octanol–water partition coefficient (Wildman–Crippen LogP) is 3.80. The lowest BCUT2D eigenvalue weighted by Gasteiger charge is -2.09. The second kappa shape index (κ2) is 6.74. The van der Waals surface area contributed by atoms with E-state index < -0.39 is 4.92 Å². The van der Waals surface area contributed by atoms with Crippen molar-refractivity contribution in [2.45, 2.75) is 0 Å². The third-order valence-corrected chi connectivity index (χ3v) is 3.38. The Balaban J connectivity index is 1.91. The van der Waals surface area contributed by atoms with Gasteiger partial charge in [-0.05, 0) is 18.2 Å². The molecule has 0 saturated carbocycles. The van der Waals surface area contributed by atoms with E-state index in [4.69, 9.17) is 4.74 Å². The van der Waals surface area contributed by atoms with Crippen LogP contribution in [0.2, 0.25) is 0 Å². The summed E-state index contributed by atoms with van der Waals surface area (Å²) in [6.45, 7) is 0. The van der Waals surface area contributed by atoms with Crippen molar-refractivity contribution in [3.8, 4) is 17.0 Å². The maximum absolute atomic E-state index is 10.9. The molecule has 0 spiro atoms. The smallest absolute Gasteiger partial charge is 0.271 e. The summed E-state index contributed by atoms with van der Waals surface area (Å²) in [6, 6.07) is 15.5. The molecule has 0 aliphatic heterocycles. The van der Waals surface area contributed by atoms with E-state index >= 15 is 0 Å². The Labute approximate surface area is 138 Å². The molecule has 1 aromatic heterocycles. The van der Waals surface area contributed by atoms with E-state index in [2.05, 4.69) is 15.3 Å². The van der Waals surface area contributed by atoms with E-state index in [0.29, 0.717) is 22.9 Å². The summed E-state index contributed by atoms with van der Waals surface area (Å²) in [4.78, 5) is 18.8. The molecule has 0 fully saturated rings. The Morgan fingerprint density at radius 1 is 1.08 bits per heavy atom. The molecular formula is C17H14N4O3. The van der Waals surface area contributed by atoms with Gasteiger partial charge in [0, 0.05) is 29.4 Å². The van der Waals surface area contributed by atoms with Gasteiger partial charge in [-0.2, -0.15) is 0 Å². The topological polar surface area (TPSA) is 90.2 Å². The van der Waals surface area contributed by atoms with Gasteiger partial charge in [0.05, 0.1) is 17.7 Å². The van der Waals surface area contributed by atoms with E-state index in [0.717, 1.165) is 5.56 Å². The molecule has 120 valence electrons. The van der Waals surface area contributed by atoms with Crippen molar-refractivity contribution in [2.24, 2.45) is 0 Å². The highest BCUT2D eigenvalue weighted by Gasteiger charge is 2.09. The van der Waals surface area contributed by atoms with Crippen molar-refractivity contribution in [1.29, 1.82) is 0 Å². The van der Waals surface area contributed by atoms with Crippen LogP contribution < -0.4 is 10.1 Å². The molecule has 3 aromatic rings. The number of methoxy groups -OCH3 is 1. The molecule has 7 nitrogen and oxygen atoms in total. The quantitative estimate of drug-likeness (QED) is 0.567. The van der Waals surface area contributed by atoms with Crippen molar-refractivity contribution in [2.75, 3.05) is 12.4 Å². The van der Waals surface area contributed by atoms with Crippen LogP contribution in [0.3, 0.4) is 0 Å². The maximum atomic E-state index is 10.9. The van der Waals surface area contributed by atoms with E-state index in [1.807, 2.05) is 24.3 Å². The lowest BCUT2D eigenvalue weighted by atomic mass is 10.1. The Morgan fingerprint density at radius 2 is 1.92 bits per heavy atom. The second-order valence-corrected chi connectivity index (χ2v) is 4.92. The molecule has 7 heteroatoms. The van der Waals surface area contributed by atoms with Crippen LogP contribution in [-0.2, 0) is 0 Å². The number of nitrogens with one attached hydrogen (secondary N) is 1. The van der Waals surface area contributed by atoms with Gasteiger partial charge in [-0.15, -0.1) is 0 Å². The molecule has 0 saturated heterocycles. The average molecular weight is 322 g/mol. The minimum absolute atomic E-state index is 0.0130. The van der Waals surface area contributed by atoms with E-state index in [9.17, 15) is 10.1 Å². The fourth-order valence-electron chi connectivity index (χ4n) is 2.27. The number of para-hydroxylation sites is 1. The fraction of sp³-hybridized carbons (Fsp3) is 0.0588. The van der Waals surface area contributed by atoms with Crippen LogP contribution in [-0.4, -0.2) is 22.0 Å². The summed E-state index contributed by atoms with van der Waals surface area (Å²) in [5.74, 6) is 1.24. The number of hydrogen-bond donors (Lipinski definition) is 1. The third kappa shape index (κ3) is 3.30. The molecule has 0 aliphatic carbocycles. The molecule has 0 amide bonds. The summed E-state index contributed by atoms with van der Waals surface area (Å²) < 4.78 is 5.34. The fourth-order valence-corrected chi connectivity index (χ4v) is 2.27. The van der Waals surface area contributed by atoms with Crippen molar-refractivity contribution in [3.05, 3.63) is 71.0 Å². The molecule has 0 unspecified atom stereocenters. The molecular weight excluding hydrogens is 308 g/mol. The Bertz CT molecular complexity index is 883. The van der Waals surface area contributed by atoms with Gasteiger partial charge in [0.15, 0.2) is 0 Å². The highest BCUT2D eigenvalue weighted by molar-refractivity contribution is 5.70. The number of anilines is 2. The first kappa shape index (κ1) is 15.4. The summed E-state index contributed by atoms with van der Waals surface area (Å²) in [7, 11) is 1.60. The van der Waals surface area contributed by atoms with Crippen LogP contribution >= 0.6 is 0 Å². The largest absolute Gasteiger partial charge is 0.496 e. The lowest BCUT2D eigenvalue weighted by molar-refractivity contribution is -0.384. The van der Waals surface area contributed by atoms with E-state index in [1.165, 1.54) is 18.5 Å². The first-order chi connectivity index (χ1) is 11.7. The Hall–Kier alpha value is -3.48. The maximum Gasteiger partial charge on any atom is 0.271 e. The Kier molecular flexibility index (Phi) is 4.33. The first-order valence-electron chi connectivity index (χ1n) is 7.14. The average Bonchev–Trinajstić information content (AvgIpc) is 2.62. The normalized spacial score (nSPS) is 10.2. The molecule has 0 aliphatic rings. The molecule has 2 aromatic carbocycles. The Morgan fingerprint density at radius 3 is 2.71 bits per heavy atom. The predicted molar refractivity (Wildman–Crippen MR) is 90.4 cm³/mol. The van der Waals surface area contributed by atoms with Crippen molar-refractivity contribution in [3.63, 3.8) is 0 Å². The number of aromatic nitrogens is 2. The number of hydrogen-bond acceptors (Lipinski definition) is 6. The monoisotopic (exact) mass is 322 g/mol. The van der Waals surface area contributed by atoms with Gasteiger partial charge in [0.25, 0.3) is 5.69 Å². The van der Waals surface area contributed by atoms with Gasteiger partial charge < -0.3 is 10.1 Å². The van der Waals surface area contributed by atoms with Crippen molar-refractivity contribution < 1.29 is 9.66 Å². The number of ether oxygens (including phenoxy) is 1. The second-order valence-electron chi connectivity index (χ2n) is 4.92. The van der Waals surface area contributed by atoms with Gasteiger partial charge in [-0.1, -0.05) is 18.2 Å². The molecule has 0 bridgehead atoms. The van der Waals surface area contributed by atoms with Gasteiger partial charge in [0.1, 0.15) is 17.9 Å². The molecule has 0 atom stereocenters. The molecule has 1 N–H and O–H groups in total. The zero-order valence-corrected chi connectivity index (χ0v) is 12.8. The highest BCUT2D eigenvalue weighted by atomic mass is 16.6. The van der Waals surface area contributed by atoms with E-state index in [-0.39, 0.29) is 5.69 Å². The number of benzene rings is 2. The molecule has 1 heterocycles. The van der Waals surface area contributed by atoms with Crippen LogP contribution in [0.4, 0.5) is 17.2 Å². The van der Waals surface area contributed by atoms with Crippen LogP contribution in [0, 0.1) is 10.1 Å². The van der Waals surface area contributed by atoms with Crippen molar-refractivity contribution >= 4 is 17.2 Å². The highest BCUT2D eigenvalue weighted by Crippen LogP contribution is 2.29.